The van der Waals surface area contributed by atoms with E-state index < -0.39 is 0 Å². The van der Waals surface area contributed by atoms with Gasteiger partial charge in [0.2, 0.25) is 5.91 Å². The molecule has 154 valence electrons. The minimum absolute atomic E-state index is 0.0884. The monoisotopic (exact) mass is 418 g/mol. The van der Waals surface area contributed by atoms with Gasteiger partial charge in [-0.1, -0.05) is 60.2 Å². The van der Waals surface area contributed by atoms with E-state index in [1.54, 1.807) is 11.3 Å². The lowest BCUT2D eigenvalue weighted by Gasteiger charge is -2.13. The van der Waals surface area contributed by atoms with Gasteiger partial charge >= 0.3 is 0 Å². The molecule has 3 aromatic rings. The van der Waals surface area contributed by atoms with Crippen LogP contribution in [0.1, 0.15) is 50.3 Å². The molecule has 4 rings (SSSR count). The molecule has 2 N–H and O–H groups in total. The quantitative estimate of drug-likeness (QED) is 0.589. The standard InChI is InChI=1S/C25H26N2O2S/c1-17-11-13-18(14-12-17)15-22(28)27-25-23(20-9-5-6-10-21(20)30-25)24(29)26-16-19-7-3-2-4-8-19/h2-4,7-8,11-14H,5-6,9-10,15-16H2,1H3,(H,26,29)(H,27,28). The van der Waals surface area contributed by atoms with Crippen molar-refractivity contribution in [1.82, 2.24) is 5.32 Å². The van der Waals surface area contributed by atoms with Crippen LogP contribution in [0.5, 0.6) is 0 Å². The molecule has 0 aliphatic heterocycles. The van der Waals surface area contributed by atoms with E-state index in [0.29, 0.717) is 23.5 Å². The minimum Gasteiger partial charge on any atom is -0.348 e. The lowest BCUT2D eigenvalue weighted by molar-refractivity contribution is -0.115. The van der Waals surface area contributed by atoms with Crippen LogP contribution >= 0.6 is 11.3 Å². The third kappa shape index (κ3) is 4.79. The summed E-state index contributed by atoms with van der Waals surface area (Å²) in [6.07, 6.45) is 4.39. The van der Waals surface area contributed by atoms with Crippen molar-refractivity contribution in [2.24, 2.45) is 0 Å². The van der Waals surface area contributed by atoms with Crippen LogP contribution in [-0.4, -0.2) is 11.8 Å². The number of nitrogens with one attached hydrogen (secondary N) is 2. The second-order valence-corrected chi connectivity index (χ2v) is 8.90. The zero-order chi connectivity index (χ0) is 20.9. The molecule has 1 aromatic heterocycles. The summed E-state index contributed by atoms with van der Waals surface area (Å²) in [5.41, 5.74) is 4.96. The van der Waals surface area contributed by atoms with Crippen molar-refractivity contribution in [1.29, 1.82) is 0 Å². The molecule has 0 saturated heterocycles. The first-order valence-electron chi connectivity index (χ1n) is 10.4. The van der Waals surface area contributed by atoms with E-state index >= 15 is 0 Å². The Labute approximate surface area is 181 Å². The zero-order valence-corrected chi connectivity index (χ0v) is 18.0. The molecule has 2 aromatic carbocycles. The van der Waals surface area contributed by atoms with Gasteiger partial charge in [0.05, 0.1) is 12.0 Å². The van der Waals surface area contributed by atoms with Crippen molar-refractivity contribution in [2.45, 2.75) is 45.6 Å². The number of anilines is 1. The fourth-order valence-electron chi connectivity index (χ4n) is 3.82. The third-order valence-corrected chi connectivity index (χ3v) is 6.64. The highest BCUT2D eigenvalue weighted by Crippen LogP contribution is 2.38. The first kappa shape index (κ1) is 20.4. The molecule has 0 atom stereocenters. The smallest absolute Gasteiger partial charge is 0.254 e. The Morgan fingerprint density at radius 1 is 0.933 bits per heavy atom. The van der Waals surface area contributed by atoms with Crippen LogP contribution in [-0.2, 0) is 30.6 Å². The number of rotatable bonds is 6. The summed E-state index contributed by atoms with van der Waals surface area (Å²) in [5, 5.41) is 6.75. The van der Waals surface area contributed by atoms with Crippen LogP contribution in [0.2, 0.25) is 0 Å². The van der Waals surface area contributed by atoms with Crippen molar-refractivity contribution >= 4 is 28.2 Å². The molecule has 0 saturated carbocycles. The molecule has 0 fully saturated rings. The van der Waals surface area contributed by atoms with Crippen molar-refractivity contribution in [2.75, 3.05) is 5.32 Å². The van der Waals surface area contributed by atoms with Crippen molar-refractivity contribution in [3.05, 3.63) is 87.3 Å². The summed E-state index contributed by atoms with van der Waals surface area (Å²) in [4.78, 5) is 27.0. The fraction of sp³-hybridized carbons (Fsp3) is 0.280. The van der Waals surface area contributed by atoms with Gasteiger partial charge < -0.3 is 10.6 Å². The van der Waals surface area contributed by atoms with E-state index in [4.69, 9.17) is 0 Å². The van der Waals surface area contributed by atoms with Crippen LogP contribution in [0, 0.1) is 6.92 Å². The average Bonchev–Trinajstić information content (AvgIpc) is 3.12. The van der Waals surface area contributed by atoms with Gasteiger partial charge in [-0.05, 0) is 49.3 Å². The predicted molar refractivity (Wildman–Crippen MR) is 122 cm³/mol. The van der Waals surface area contributed by atoms with E-state index in [9.17, 15) is 9.59 Å². The first-order valence-corrected chi connectivity index (χ1v) is 11.2. The second-order valence-electron chi connectivity index (χ2n) is 7.79. The van der Waals surface area contributed by atoms with Gasteiger partial charge in [0.25, 0.3) is 5.91 Å². The molecule has 0 spiro atoms. The summed E-state index contributed by atoms with van der Waals surface area (Å²) in [6.45, 7) is 2.50. The van der Waals surface area contributed by atoms with E-state index in [1.807, 2.05) is 61.5 Å². The number of hydrogen-bond acceptors (Lipinski definition) is 3. The van der Waals surface area contributed by atoms with Gasteiger partial charge in [-0.3, -0.25) is 9.59 Å². The SMILES string of the molecule is Cc1ccc(CC(=O)Nc2sc3c(c2C(=O)NCc2ccccc2)CCCC3)cc1. The molecular weight excluding hydrogens is 392 g/mol. The maximum absolute atomic E-state index is 13.1. The Morgan fingerprint density at radius 3 is 2.43 bits per heavy atom. The number of amides is 2. The molecule has 30 heavy (non-hydrogen) atoms. The number of carbonyl (C=O) groups is 2. The zero-order valence-electron chi connectivity index (χ0n) is 17.2. The molecular formula is C25H26N2O2S. The van der Waals surface area contributed by atoms with Crippen LogP contribution < -0.4 is 10.6 Å². The van der Waals surface area contributed by atoms with E-state index in [0.717, 1.165) is 42.4 Å². The molecule has 0 radical (unpaired) electrons. The van der Waals surface area contributed by atoms with E-state index in [-0.39, 0.29) is 11.8 Å². The highest BCUT2D eigenvalue weighted by atomic mass is 32.1. The van der Waals surface area contributed by atoms with Crippen LogP contribution in [0.4, 0.5) is 5.00 Å². The van der Waals surface area contributed by atoms with Crippen molar-refractivity contribution < 1.29 is 9.59 Å². The molecule has 1 aliphatic carbocycles. The Balaban J connectivity index is 1.52. The van der Waals surface area contributed by atoms with Gasteiger partial charge in [-0.15, -0.1) is 11.3 Å². The Bertz CT molecular complexity index is 1040. The summed E-state index contributed by atoms with van der Waals surface area (Å²) < 4.78 is 0. The predicted octanol–water partition coefficient (Wildman–Crippen LogP) is 5.05. The van der Waals surface area contributed by atoms with Crippen LogP contribution in [0.15, 0.2) is 54.6 Å². The number of fused-ring (bicyclic) bond motifs is 1. The van der Waals surface area contributed by atoms with Gasteiger partial charge in [0.15, 0.2) is 0 Å². The number of thiophene rings is 1. The Morgan fingerprint density at radius 2 is 1.67 bits per heavy atom. The first-order chi connectivity index (χ1) is 14.6. The fourth-order valence-corrected chi connectivity index (χ4v) is 5.13. The van der Waals surface area contributed by atoms with Gasteiger partial charge in [0, 0.05) is 11.4 Å². The lowest BCUT2D eigenvalue weighted by atomic mass is 9.95. The Hall–Kier alpha value is -2.92. The maximum atomic E-state index is 13.1. The number of benzene rings is 2. The second kappa shape index (κ2) is 9.26. The molecule has 2 amide bonds. The summed E-state index contributed by atoms with van der Waals surface area (Å²) in [6, 6.07) is 17.8. The normalized spacial score (nSPS) is 12.8. The molecule has 0 bridgehead atoms. The number of hydrogen-bond donors (Lipinski definition) is 2. The van der Waals surface area contributed by atoms with Crippen LogP contribution in [0.3, 0.4) is 0 Å². The summed E-state index contributed by atoms with van der Waals surface area (Å²) in [5.74, 6) is -0.196. The van der Waals surface area contributed by atoms with Crippen LogP contribution in [0.25, 0.3) is 0 Å². The largest absolute Gasteiger partial charge is 0.348 e. The molecule has 1 aliphatic rings. The molecule has 0 unspecified atom stereocenters. The number of carbonyl (C=O) groups excluding carboxylic acids is 2. The van der Waals surface area contributed by atoms with Crippen molar-refractivity contribution in [3.63, 3.8) is 0 Å². The van der Waals surface area contributed by atoms with E-state index in [2.05, 4.69) is 10.6 Å². The molecule has 1 heterocycles. The van der Waals surface area contributed by atoms with Gasteiger partial charge in [-0.25, -0.2) is 0 Å². The van der Waals surface area contributed by atoms with Gasteiger partial charge in [-0.2, -0.15) is 0 Å². The summed E-state index contributed by atoms with van der Waals surface area (Å²) in [7, 11) is 0. The minimum atomic E-state index is -0.108. The highest BCUT2D eigenvalue weighted by molar-refractivity contribution is 7.17. The molecule has 5 heteroatoms. The highest BCUT2D eigenvalue weighted by Gasteiger charge is 2.26. The molecule has 4 nitrogen and oxygen atoms in total. The average molecular weight is 419 g/mol. The third-order valence-electron chi connectivity index (χ3n) is 5.43. The van der Waals surface area contributed by atoms with Crippen molar-refractivity contribution in [3.8, 4) is 0 Å². The van der Waals surface area contributed by atoms with E-state index in [1.165, 1.54) is 10.4 Å². The summed E-state index contributed by atoms with van der Waals surface area (Å²) >= 11 is 1.56. The topological polar surface area (TPSA) is 58.2 Å². The number of aryl methyl sites for hydroxylation is 2. The van der Waals surface area contributed by atoms with Gasteiger partial charge in [0.1, 0.15) is 5.00 Å². The Kier molecular flexibility index (Phi) is 6.29. The lowest BCUT2D eigenvalue weighted by Crippen LogP contribution is -2.25. The maximum Gasteiger partial charge on any atom is 0.254 e.